The van der Waals surface area contributed by atoms with Crippen molar-refractivity contribution >= 4 is 26.5 Å². The van der Waals surface area contributed by atoms with Gasteiger partial charge in [-0.15, -0.1) is 0 Å². The van der Waals surface area contributed by atoms with Crippen LogP contribution in [0, 0.1) is 29.4 Å². The van der Waals surface area contributed by atoms with E-state index in [1.54, 1.807) is 26.8 Å². The summed E-state index contributed by atoms with van der Waals surface area (Å²) in [6.07, 6.45) is 9.96. The molecule has 0 saturated carbocycles. The standard InChI is InChI=1S/C31H42FN5O2S/c1-20(2)40(33,39)30-15-27(32)6-7-28(30)37-19-26(31-21(3)16-34-17-29(31)37)14-24-8-11-36(18-24)22(4)25-9-12-35(13-10-25)23(5)38/h6-7,15-17,19-20,22,24-25,33H,8-14,18H2,1-5H3/t22-,24-,40-/m0/s1. The van der Waals surface area contributed by atoms with E-state index in [0.717, 1.165) is 68.3 Å². The number of benzene rings is 1. The van der Waals surface area contributed by atoms with Crippen molar-refractivity contribution in [3.63, 3.8) is 0 Å². The van der Waals surface area contributed by atoms with Gasteiger partial charge in [-0.2, -0.15) is 0 Å². The maximum atomic E-state index is 14.3. The Morgan fingerprint density at radius 1 is 1.15 bits per heavy atom. The molecule has 40 heavy (non-hydrogen) atoms. The normalized spacial score (nSPS) is 21.3. The second-order valence-electron chi connectivity index (χ2n) is 12.1. The van der Waals surface area contributed by atoms with Crippen LogP contribution in [-0.4, -0.2) is 66.9 Å². The van der Waals surface area contributed by atoms with Gasteiger partial charge < -0.3 is 14.4 Å². The smallest absolute Gasteiger partial charge is 0.219 e. The molecule has 3 atom stereocenters. The lowest BCUT2D eigenvalue weighted by atomic mass is 9.89. The quantitative estimate of drug-likeness (QED) is 0.391. The maximum absolute atomic E-state index is 14.3. The molecule has 2 aliphatic heterocycles. The minimum atomic E-state index is -3.22. The van der Waals surface area contributed by atoms with Crippen molar-refractivity contribution in [3.8, 4) is 5.69 Å². The number of halogens is 1. The highest BCUT2D eigenvalue weighted by Crippen LogP contribution is 2.35. The number of likely N-dealkylation sites (tertiary alicyclic amines) is 2. The fourth-order valence-corrected chi connectivity index (χ4v) is 7.96. The molecule has 0 radical (unpaired) electrons. The van der Waals surface area contributed by atoms with Gasteiger partial charge in [-0.25, -0.2) is 13.4 Å². The van der Waals surface area contributed by atoms with E-state index >= 15 is 0 Å². The highest BCUT2D eigenvalue weighted by Gasteiger charge is 2.33. The molecule has 0 spiro atoms. The van der Waals surface area contributed by atoms with Crippen molar-refractivity contribution in [3.05, 3.63) is 53.7 Å². The molecule has 0 aliphatic carbocycles. The summed E-state index contributed by atoms with van der Waals surface area (Å²) in [5, 5.41) is 0.685. The second-order valence-corrected chi connectivity index (χ2v) is 14.7. The summed E-state index contributed by atoms with van der Waals surface area (Å²) >= 11 is 0. The number of nitrogens with zero attached hydrogens (tertiary/aromatic N) is 4. The first-order valence-corrected chi connectivity index (χ1v) is 16.1. The van der Waals surface area contributed by atoms with Gasteiger partial charge in [-0.1, -0.05) is 0 Å². The molecule has 0 bridgehead atoms. The number of aromatic nitrogens is 2. The molecule has 1 aromatic carbocycles. The van der Waals surface area contributed by atoms with Gasteiger partial charge in [0.05, 0.1) is 32.0 Å². The lowest BCUT2D eigenvalue weighted by Gasteiger charge is -2.38. The Kier molecular flexibility index (Phi) is 8.08. The number of hydrogen-bond acceptors (Lipinski definition) is 5. The minimum absolute atomic E-state index is 0.180. The number of amides is 1. The van der Waals surface area contributed by atoms with Gasteiger partial charge in [0, 0.05) is 55.6 Å². The monoisotopic (exact) mass is 567 g/mol. The van der Waals surface area contributed by atoms with Crippen LogP contribution in [0.5, 0.6) is 0 Å². The molecule has 216 valence electrons. The molecule has 1 N–H and O–H groups in total. The summed E-state index contributed by atoms with van der Waals surface area (Å²) < 4.78 is 38.4. The average Bonchev–Trinajstić information content (AvgIpc) is 3.54. The number of pyridine rings is 1. The molecule has 1 amide bonds. The predicted molar refractivity (Wildman–Crippen MR) is 158 cm³/mol. The van der Waals surface area contributed by atoms with Crippen LogP contribution in [0.2, 0.25) is 0 Å². The Bertz CT molecular complexity index is 1510. The van der Waals surface area contributed by atoms with Gasteiger partial charge in [0.25, 0.3) is 0 Å². The van der Waals surface area contributed by atoms with E-state index in [9.17, 15) is 13.4 Å². The molecule has 4 heterocycles. The van der Waals surface area contributed by atoms with E-state index in [4.69, 9.17) is 4.78 Å². The highest BCUT2D eigenvalue weighted by molar-refractivity contribution is 7.93. The molecule has 2 aromatic heterocycles. The van der Waals surface area contributed by atoms with Crippen molar-refractivity contribution in [1.82, 2.24) is 19.4 Å². The lowest BCUT2D eigenvalue weighted by Crippen LogP contribution is -2.44. The Morgan fingerprint density at radius 3 is 2.55 bits per heavy atom. The Labute approximate surface area is 237 Å². The summed E-state index contributed by atoms with van der Waals surface area (Å²) in [6, 6.07) is 4.77. The number of carbonyl (C=O) groups excluding carboxylic acids is 1. The second kappa shape index (κ2) is 11.2. The number of aryl methyl sites for hydroxylation is 1. The molecule has 3 aromatic rings. The SMILES string of the molecule is CC(=O)N1CCC([C@H](C)N2CC[C@@H](Cc3cn(-c4ccc(F)cc4[S@@](=N)(=O)C(C)C)c4cncc(C)c34)C2)CC1. The summed E-state index contributed by atoms with van der Waals surface area (Å²) in [5.41, 5.74) is 3.76. The molecule has 5 rings (SSSR count). The van der Waals surface area contributed by atoms with Crippen molar-refractivity contribution in [2.75, 3.05) is 26.2 Å². The van der Waals surface area contributed by atoms with Gasteiger partial charge in [0.15, 0.2) is 0 Å². The average molecular weight is 568 g/mol. The third-order valence-corrected chi connectivity index (χ3v) is 11.5. The first-order chi connectivity index (χ1) is 19.0. The summed E-state index contributed by atoms with van der Waals surface area (Å²) in [6.45, 7) is 13.4. The van der Waals surface area contributed by atoms with E-state index in [1.807, 2.05) is 21.9 Å². The van der Waals surface area contributed by atoms with Crippen LogP contribution in [0.15, 0.2) is 41.7 Å². The molecular weight excluding hydrogens is 525 g/mol. The van der Waals surface area contributed by atoms with Crippen LogP contribution < -0.4 is 0 Å². The van der Waals surface area contributed by atoms with Crippen LogP contribution in [0.25, 0.3) is 16.6 Å². The van der Waals surface area contributed by atoms with Crippen LogP contribution in [-0.2, 0) is 20.9 Å². The van der Waals surface area contributed by atoms with Crippen LogP contribution in [0.4, 0.5) is 4.39 Å². The van der Waals surface area contributed by atoms with Gasteiger partial charge >= 0.3 is 0 Å². The fraction of sp³-hybridized carbons (Fsp3) is 0.548. The van der Waals surface area contributed by atoms with Crippen molar-refractivity contribution in [2.24, 2.45) is 11.8 Å². The molecule has 7 nitrogen and oxygen atoms in total. The summed E-state index contributed by atoms with van der Waals surface area (Å²) in [5.74, 6) is 0.814. The number of fused-ring (bicyclic) bond motifs is 1. The van der Waals surface area contributed by atoms with Gasteiger partial charge in [0.2, 0.25) is 5.91 Å². The van der Waals surface area contributed by atoms with Crippen LogP contribution >= 0.6 is 0 Å². The summed E-state index contributed by atoms with van der Waals surface area (Å²) in [4.78, 5) is 21.0. The fourth-order valence-electron chi connectivity index (χ4n) is 6.68. The molecule has 2 fully saturated rings. The van der Waals surface area contributed by atoms with Crippen LogP contribution in [0.3, 0.4) is 0 Å². The van der Waals surface area contributed by atoms with Crippen molar-refractivity contribution in [2.45, 2.75) is 76.5 Å². The van der Waals surface area contributed by atoms with E-state index in [0.29, 0.717) is 23.6 Å². The molecular formula is C31H42FN5O2S. The highest BCUT2D eigenvalue weighted by atomic mass is 32.2. The van der Waals surface area contributed by atoms with Crippen molar-refractivity contribution in [1.29, 1.82) is 4.78 Å². The first-order valence-electron chi connectivity index (χ1n) is 14.5. The number of nitrogens with one attached hydrogen (secondary N) is 1. The molecule has 2 aliphatic rings. The minimum Gasteiger partial charge on any atom is -0.343 e. The zero-order valence-electron chi connectivity index (χ0n) is 24.3. The van der Waals surface area contributed by atoms with Gasteiger partial charge in [-0.3, -0.25) is 9.78 Å². The van der Waals surface area contributed by atoms with Gasteiger partial charge in [-0.05, 0) is 101 Å². The predicted octanol–water partition coefficient (Wildman–Crippen LogP) is 5.80. The summed E-state index contributed by atoms with van der Waals surface area (Å²) in [7, 11) is -3.22. The topological polar surface area (TPSA) is 82.3 Å². The lowest BCUT2D eigenvalue weighted by molar-refractivity contribution is -0.130. The molecule has 2 saturated heterocycles. The zero-order chi connectivity index (χ0) is 28.8. The zero-order valence-corrected chi connectivity index (χ0v) is 25.1. The Balaban J connectivity index is 1.41. The van der Waals surface area contributed by atoms with E-state index in [1.165, 1.54) is 17.7 Å². The number of hydrogen-bond donors (Lipinski definition) is 1. The third-order valence-electron chi connectivity index (χ3n) is 9.22. The van der Waals surface area contributed by atoms with E-state index in [-0.39, 0.29) is 10.8 Å². The Hall–Kier alpha value is -2.78. The van der Waals surface area contributed by atoms with Crippen LogP contribution in [0.1, 0.15) is 58.1 Å². The van der Waals surface area contributed by atoms with E-state index < -0.39 is 20.8 Å². The number of rotatable bonds is 7. The van der Waals surface area contributed by atoms with Crippen molar-refractivity contribution < 1.29 is 13.4 Å². The number of carbonyl (C=O) groups is 1. The van der Waals surface area contributed by atoms with Gasteiger partial charge in [0.1, 0.15) is 5.82 Å². The Morgan fingerprint density at radius 2 is 1.88 bits per heavy atom. The molecule has 9 heteroatoms. The largest absolute Gasteiger partial charge is 0.343 e. The number of piperidine rings is 1. The first kappa shape index (κ1) is 28.7. The maximum Gasteiger partial charge on any atom is 0.219 e. The van der Waals surface area contributed by atoms with E-state index in [2.05, 4.69) is 29.9 Å². The molecule has 0 unspecified atom stereocenters. The third kappa shape index (κ3) is 5.42.